The maximum Gasteiger partial charge on any atom is 0.234 e. The molecule has 0 bridgehead atoms. The third kappa shape index (κ3) is 2.23. The van der Waals surface area contributed by atoms with Gasteiger partial charge >= 0.3 is 0 Å². The number of nitrogens with zero attached hydrogens (tertiary/aromatic N) is 4. The van der Waals surface area contributed by atoms with E-state index in [-0.39, 0.29) is 5.82 Å². The lowest BCUT2D eigenvalue weighted by Crippen LogP contribution is -2.01. The van der Waals surface area contributed by atoms with Crippen molar-refractivity contribution >= 4 is 16.3 Å². The van der Waals surface area contributed by atoms with Crippen LogP contribution in [0.5, 0.6) is 0 Å². The van der Waals surface area contributed by atoms with Gasteiger partial charge in [-0.25, -0.2) is 4.39 Å². The molecule has 0 unspecified atom stereocenters. The summed E-state index contributed by atoms with van der Waals surface area (Å²) in [5.74, 6) is 1.03. The Morgan fingerprint density at radius 2 is 2.05 bits per heavy atom. The van der Waals surface area contributed by atoms with E-state index in [0.29, 0.717) is 21.4 Å². The zero-order chi connectivity index (χ0) is 13.4. The SMILES string of the molecule is CC(C)Cc1nnc2sc(-c3ccccc3F)nn12. The van der Waals surface area contributed by atoms with Crippen molar-refractivity contribution in [3.63, 3.8) is 0 Å². The highest BCUT2D eigenvalue weighted by Gasteiger charge is 2.15. The summed E-state index contributed by atoms with van der Waals surface area (Å²) in [6.45, 7) is 4.23. The standard InChI is InChI=1S/C13H13FN4S/c1-8(2)7-11-15-16-13-18(11)17-12(19-13)9-5-3-4-6-10(9)14/h3-6,8H,7H2,1-2H3. The number of rotatable bonds is 3. The maximum absolute atomic E-state index is 13.7. The van der Waals surface area contributed by atoms with E-state index in [4.69, 9.17) is 0 Å². The van der Waals surface area contributed by atoms with E-state index in [9.17, 15) is 4.39 Å². The number of halogens is 1. The number of fused-ring (bicyclic) bond motifs is 1. The van der Waals surface area contributed by atoms with Gasteiger partial charge in [-0.2, -0.15) is 9.61 Å². The normalized spacial score (nSPS) is 11.6. The van der Waals surface area contributed by atoms with Crippen LogP contribution in [0, 0.1) is 11.7 Å². The van der Waals surface area contributed by atoms with Crippen molar-refractivity contribution in [3.05, 3.63) is 35.9 Å². The molecule has 4 nitrogen and oxygen atoms in total. The molecule has 0 fully saturated rings. The van der Waals surface area contributed by atoms with Crippen molar-refractivity contribution in [3.8, 4) is 10.6 Å². The third-order valence-electron chi connectivity index (χ3n) is 2.75. The summed E-state index contributed by atoms with van der Waals surface area (Å²) >= 11 is 1.35. The van der Waals surface area contributed by atoms with Crippen molar-refractivity contribution in [2.75, 3.05) is 0 Å². The Labute approximate surface area is 113 Å². The molecule has 0 radical (unpaired) electrons. The lowest BCUT2D eigenvalue weighted by atomic mass is 10.1. The first kappa shape index (κ1) is 12.2. The summed E-state index contributed by atoms with van der Waals surface area (Å²) in [6, 6.07) is 6.63. The van der Waals surface area contributed by atoms with Gasteiger partial charge in [-0.15, -0.1) is 10.2 Å². The van der Waals surface area contributed by atoms with Gasteiger partial charge in [0, 0.05) is 12.0 Å². The predicted octanol–water partition coefficient (Wildman–Crippen LogP) is 3.19. The second-order valence-corrected chi connectivity index (χ2v) is 5.75. The topological polar surface area (TPSA) is 43.1 Å². The van der Waals surface area contributed by atoms with Crippen LogP contribution in [0.25, 0.3) is 15.5 Å². The lowest BCUT2D eigenvalue weighted by Gasteiger charge is -2.00. The van der Waals surface area contributed by atoms with Crippen molar-refractivity contribution in [2.45, 2.75) is 20.3 Å². The molecule has 0 atom stereocenters. The molecule has 1 aromatic carbocycles. The van der Waals surface area contributed by atoms with Gasteiger partial charge in [-0.05, 0) is 18.1 Å². The van der Waals surface area contributed by atoms with E-state index in [1.807, 2.05) is 0 Å². The van der Waals surface area contributed by atoms with Crippen molar-refractivity contribution in [1.29, 1.82) is 0 Å². The van der Waals surface area contributed by atoms with Crippen LogP contribution in [0.1, 0.15) is 19.7 Å². The summed E-state index contributed by atoms with van der Waals surface area (Å²) in [4.78, 5) is 0.703. The number of benzene rings is 1. The second kappa shape index (κ2) is 4.70. The minimum absolute atomic E-state index is 0.266. The maximum atomic E-state index is 13.7. The molecule has 3 rings (SSSR count). The molecule has 2 aromatic heterocycles. The van der Waals surface area contributed by atoms with Gasteiger partial charge in [-0.1, -0.05) is 37.3 Å². The van der Waals surface area contributed by atoms with Crippen LogP contribution >= 0.6 is 11.3 Å². The summed E-state index contributed by atoms with van der Waals surface area (Å²) in [6.07, 6.45) is 0.807. The van der Waals surface area contributed by atoms with Gasteiger partial charge in [-0.3, -0.25) is 0 Å². The summed E-state index contributed by atoms with van der Waals surface area (Å²) in [7, 11) is 0. The summed E-state index contributed by atoms with van der Waals surface area (Å²) < 4.78 is 15.5. The largest absolute Gasteiger partial charge is 0.234 e. The molecule has 0 aliphatic heterocycles. The van der Waals surface area contributed by atoms with E-state index in [2.05, 4.69) is 29.1 Å². The summed E-state index contributed by atoms with van der Waals surface area (Å²) in [5, 5.41) is 13.3. The molecular formula is C13H13FN4S. The van der Waals surface area contributed by atoms with Crippen LogP contribution in [0.2, 0.25) is 0 Å². The quantitative estimate of drug-likeness (QED) is 0.738. The van der Waals surface area contributed by atoms with E-state index in [1.165, 1.54) is 17.4 Å². The highest BCUT2D eigenvalue weighted by Crippen LogP contribution is 2.27. The molecular weight excluding hydrogens is 263 g/mol. The van der Waals surface area contributed by atoms with E-state index >= 15 is 0 Å². The van der Waals surface area contributed by atoms with E-state index < -0.39 is 0 Å². The first-order valence-electron chi connectivity index (χ1n) is 6.11. The molecule has 0 saturated carbocycles. The molecule has 98 valence electrons. The highest BCUT2D eigenvalue weighted by molar-refractivity contribution is 7.19. The fraction of sp³-hybridized carbons (Fsp3) is 0.308. The second-order valence-electron chi connectivity index (χ2n) is 4.80. The number of hydrogen-bond donors (Lipinski definition) is 0. The monoisotopic (exact) mass is 276 g/mol. The zero-order valence-corrected chi connectivity index (χ0v) is 11.5. The fourth-order valence-corrected chi connectivity index (χ4v) is 2.78. The first-order valence-corrected chi connectivity index (χ1v) is 6.93. The molecule has 2 heterocycles. The summed E-state index contributed by atoms with van der Waals surface area (Å²) in [5.41, 5.74) is 0.508. The molecule has 0 saturated heterocycles. The van der Waals surface area contributed by atoms with Crippen molar-refractivity contribution in [1.82, 2.24) is 19.8 Å². The van der Waals surface area contributed by atoms with Crippen LogP contribution in [-0.4, -0.2) is 19.8 Å². The van der Waals surface area contributed by atoms with E-state index in [1.54, 1.807) is 22.7 Å². The molecule has 19 heavy (non-hydrogen) atoms. The third-order valence-corrected chi connectivity index (χ3v) is 3.68. The number of aromatic nitrogens is 4. The Balaban J connectivity index is 2.07. The molecule has 0 amide bonds. The van der Waals surface area contributed by atoms with Crippen LogP contribution in [0.4, 0.5) is 4.39 Å². The minimum Gasteiger partial charge on any atom is -0.206 e. The van der Waals surface area contributed by atoms with Gasteiger partial charge < -0.3 is 0 Å². The molecule has 6 heteroatoms. The average Bonchev–Trinajstić information content (AvgIpc) is 2.91. The van der Waals surface area contributed by atoms with Gasteiger partial charge in [0.15, 0.2) is 10.8 Å². The zero-order valence-electron chi connectivity index (χ0n) is 10.7. The fourth-order valence-electron chi connectivity index (χ4n) is 1.89. The van der Waals surface area contributed by atoms with Gasteiger partial charge in [0.1, 0.15) is 5.82 Å². The molecule has 0 aliphatic rings. The van der Waals surface area contributed by atoms with Crippen molar-refractivity contribution < 1.29 is 4.39 Å². The first-order chi connectivity index (χ1) is 9.15. The smallest absolute Gasteiger partial charge is 0.206 e. The van der Waals surface area contributed by atoms with Gasteiger partial charge in [0.25, 0.3) is 0 Å². The van der Waals surface area contributed by atoms with E-state index in [0.717, 1.165) is 12.2 Å². The Morgan fingerprint density at radius 3 is 2.79 bits per heavy atom. The molecule has 0 spiro atoms. The van der Waals surface area contributed by atoms with Crippen LogP contribution in [0.15, 0.2) is 24.3 Å². The Bertz CT molecular complexity index is 716. The van der Waals surface area contributed by atoms with Gasteiger partial charge in [0.05, 0.1) is 0 Å². The molecule has 0 N–H and O–H groups in total. The van der Waals surface area contributed by atoms with Gasteiger partial charge in [0.2, 0.25) is 4.96 Å². The number of hydrogen-bond acceptors (Lipinski definition) is 4. The Morgan fingerprint density at radius 1 is 1.26 bits per heavy atom. The highest BCUT2D eigenvalue weighted by atomic mass is 32.1. The van der Waals surface area contributed by atoms with Crippen molar-refractivity contribution in [2.24, 2.45) is 5.92 Å². The lowest BCUT2D eigenvalue weighted by molar-refractivity contribution is 0.606. The average molecular weight is 276 g/mol. The minimum atomic E-state index is -0.266. The predicted molar refractivity (Wildman–Crippen MR) is 72.6 cm³/mol. The van der Waals surface area contributed by atoms with Crippen LogP contribution in [0.3, 0.4) is 0 Å². The molecule has 0 aliphatic carbocycles. The van der Waals surface area contributed by atoms with Crippen LogP contribution < -0.4 is 0 Å². The Kier molecular flexibility index (Phi) is 3.02. The Hall–Kier alpha value is -1.82. The van der Waals surface area contributed by atoms with Crippen LogP contribution in [-0.2, 0) is 6.42 Å². The molecule has 3 aromatic rings.